The molecule has 0 N–H and O–H groups in total. The molecular formula is C11H13N. The Morgan fingerprint density at radius 2 is 1.75 bits per heavy atom. The highest BCUT2D eigenvalue weighted by Gasteiger charge is 1.91. The van der Waals surface area contributed by atoms with E-state index in [0.717, 1.165) is 5.56 Å². The van der Waals surface area contributed by atoms with Gasteiger partial charge < -0.3 is 0 Å². The van der Waals surface area contributed by atoms with E-state index >= 15 is 0 Å². The minimum atomic E-state index is 0.514. The molecule has 0 aliphatic heterocycles. The fraction of sp³-hybridized carbons (Fsp3) is 0.182. The van der Waals surface area contributed by atoms with Crippen molar-refractivity contribution in [2.75, 3.05) is 0 Å². The van der Waals surface area contributed by atoms with Gasteiger partial charge in [0.25, 0.3) is 0 Å². The van der Waals surface area contributed by atoms with E-state index < -0.39 is 0 Å². The number of rotatable bonds is 1. The molecule has 12 heavy (non-hydrogen) atoms. The molecule has 1 aromatic rings. The van der Waals surface area contributed by atoms with Crippen molar-refractivity contribution in [3.8, 4) is 6.07 Å². The molecular weight excluding hydrogens is 146 g/mol. The van der Waals surface area contributed by atoms with Crippen molar-refractivity contribution < 1.29 is 0 Å². The van der Waals surface area contributed by atoms with Gasteiger partial charge in [0.15, 0.2) is 0 Å². The Hall–Kier alpha value is -1.55. The normalized spacial score (nSPS) is 7.42. The predicted octanol–water partition coefficient (Wildman–Crippen LogP) is 3.25. The summed E-state index contributed by atoms with van der Waals surface area (Å²) in [4.78, 5) is 0. The molecule has 0 bridgehead atoms. The third-order valence-corrected chi connectivity index (χ3v) is 1.26. The summed E-state index contributed by atoms with van der Waals surface area (Å²) in [5.74, 6) is 0. The van der Waals surface area contributed by atoms with Crippen LogP contribution in [0, 0.1) is 11.3 Å². The molecule has 1 rings (SSSR count). The second kappa shape index (κ2) is 6.18. The Kier molecular flexibility index (Phi) is 5.38. The lowest BCUT2D eigenvalue weighted by Gasteiger charge is -1.92. The maximum atomic E-state index is 8.44. The first-order chi connectivity index (χ1) is 5.84. The SMILES string of the molecule is C=C(C#N)c1ccccc1.CC. The Bertz CT molecular complexity index is 267. The molecule has 0 aromatic heterocycles. The number of allylic oxidation sites excluding steroid dienone is 1. The zero-order chi connectivity index (χ0) is 9.40. The predicted molar refractivity (Wildman–Crippen MR) is 52.4 cm³/mol. The quantitative estimate of drug-likeness (QED) is 0.577. The Balaban J connectivity index is 0.000000561. The summed E-state index contributed by atoms with van der Waals surface area (Å²) >= 11 is 0. The van der Waals surface area contributed by atoms with Gasteiger partial charge in [0, 0.05) is 0 Å². The van der Waals surface area contributed by atoms with E-state index in [1.54, 1.807) is 0 Å². The molecule has 1 aromatic carbocycles. The summed E-state index contributed by atoms with van der Waals surface area (Å²) in [5.41, 5.74) is 1.41. The minimum Gasteiger partial charge on any atom is -0.192 e. The van der Waals surface area contributed by atoms with Crippen LogP contribution in [-0.4, -0.2) is 0 Å². The van der Waals surface area contributed by atoms with Gasteiger partial charge in [0.05, 0.1) is 11.6 Å². The maximum absolute atomic E-state index is 8.44. The number of nitrogens with zero attached hydrogens (tertiary/aromatic N) is 1. The van der Waals surface area contributed by atoms with Crippen LogP contribution in [0.25, 0.3) is 5.57 Å². The highest BCUT2D eigenvalue weighted by atomic mass is 14.2. The molecule has 0 saturated carbocycles. The van der Waals surface area contributed by atoms with Crippen LogP contribution in [0.1, 0.15) is 19.4 Å². The lowest BCUT2D eigenvalue weighted by molar-refractivity contribution is 1.50. The Morgan fingerprint density at radius 1 is 1.25 bits per heavy atom. The molecule has 0 fully saturated rings. The molecule has 0 saturated heterocycles. The van der Waals surface area contributed by atoms with E-state index in [1.807, 2.05) is 50.2 Å². The van der Waals surface area contributed by atoms with Crippen LogP contribution >= 0.6 is 0 Å². The summed E-state index contributed by atoms with van der Waals surface area (Å²) in [5, 5.41) is 8.44. The third kappa shape index (κ3) is 3.03. The highest BCUT2D eigenvalue weighted by molar-refractivity contribution is 5.74. The van der Waals surface area contributed by atoms with E-state index in [1.165, 1.54) is 0 Å². The molecule has 0 amide bonds. The van der Waals surface area contributed by atoms with Crippen LogP contribution in [-0.2, 0) is 0 Å². The number of benzene rings is 1. The van der Waals surface area contributed by atoms with Gasteiger partial charge in [-0.15, -0.1) is 0 Å². The van der Waals surface area contributed by atoms with Gasteiger partial charge in [-0.25, -0.2) is 0 Å². The first-order valence-corrected chi connectivity index (χ1v) is 3.99. The van der Waals surface area contributed by atoms with Crippen molar-refractivity contribution in [1.29, 1.82) is 5.26 Å². The third-order valence-electron chi connectivity index (χ3n) is 1.26. The summed E-state index contributed by atoms with van der Waals surface area (Å²) in [6, 6.07) is 11.4. The van der Waals surface area contributed by atoms with E-state index in [2.05, 4.69) is 6.58 Å². The summed E-state index contributed by atoms with van der Waals surface area (Å²) < 4.78 is 0. The van der Waals surface area contributed by atoms with Crippen molar-refractivity contribution in [2.45, 2.75) is 13.8 Å². The standard InChI is InChI=1S/C9H7N.C2H6/c1-8(7-10)9-5-3-2-4-6-9;1-2/h2-6H,1H2;1-2H3. The molecule has 0 aliphatic carbocycles. The van der Waals surface area contributed by atoms with Gasteiger partial charge in [-0.3, -0.25) is 0 Å². The van der Waals surface area contributed by atoms with Gasteiger partial charge >= 0.3 is 0 Å². The molecule has 62 valence electrons. The molecule has 1 heteroatoms. The average molecular weight is 159 g/mol. The molecule has 0 atom stereocenters. The minimum absolute atomic E-state index is 0.514. The first-order valence-electron chi connectivity index (χ1n) is 3.99. The number of hydrogen-bond donors (Lipinski definition) is 0. The van der Waals surface area contributed by atoms with E-state index in [9.17, 15) is 0 Å². The summed E-state index contributed by atoms with van der Waals surface area (Å²) in [7, 11) is 0. The van der Waals surface area contributed by atoms with E-state index in [0.29, 0.717) is 5.57 Å². The monoisotopic (exact) mass is 159 g/mol. The lowest BCUT2D eigenvalue weighted by atomic mass is 10.1. The van der Waals surface area contributed by atoms with Crippen LogP contribution in [0.5, 0.6) is 0 Å². The highest BCUT2D eigenvalue weighted by Crippen LogP contribution is 2.08. The zero-order valence-corrected chi connectivity index (χ0v) is 7.54. The zero-order valence-electron chi connectivity index (χ0n) is 7.54. The molecule has 0 aliphatic rings. The largest absolute Gasteiger partial charge is 0.192 e. The topological polar surface area (TPSA) is 23.8 Å². The van der Waals surface area contributed by atoms with Gasteiger partial charge in [-0.1, -0.05) is 50.8 Å². The smallest absolute Gasteiger partial charge is 0.0991 e. The van der Waals surface area contributed by atoms with Gasteiger partial charge in [0.2, 0.25) is 0 Å². The Labute approximate surface area is 74.0 Å². The van der Waals surface area contributed by atoms with Gasteiger partial charge in [-0.2, -0.15) is 5.26 Å². The number of hydrogen-bond acceptors (Lipinski definition) is 1. The van der Waals surface area contributed by atoms with Gasteiger partial charge in [-0.05, 0) is 5.56 Å². The summed E-state index contributed by atoms with van der Waals surface area (Å²) in [6.45, 7) is 7.58. The van der Waals surface area contributed by atoms with Gasteiger partial charge in [0.1, 0.15) is 0 Å². The van der Waals surface area contributed by atoms with Crippen molar-refractivity contribution in [2.24, 2.45) is 0 Å². The van der Waals surface area contributed by atoms with Crippen LogP contribution in [0.4, 0.5) is 0 Å². The second-order valence-electron chi connectivity index (χ2n) is 1.96. The van der Waals surface area contributed by atoms with Crippen LogP contribution in [0.2, 0.25) is 0 Å². The van der Waals surface area contributed by atoms with Crippen molar-refractivity contribution in [3.63, 3.8) is 0 Å². The second-order valence-corrected chi connectivity index (χ2v) is 1.96. The van der Waals surface area contributed by atoms with Crippen molar-refractivity contribution >= 4 is 5.57 Å². The fourth-order valence-electron chi connectivity index (χ4n) is 0.704. The molecule has 0 radical (unpaired) electrons. The first kappa shape index (κ1) is 10.4. The lowest BCUT2D eigenvalue weighted by Crippen LogP contribution is -1.75. The van der Waals surface area contributed by atoms with Crippen LogP contribution < -0.4 is 0 Å². The fourth-order valence-corrected chi connectivity index (χ4v) is 0.704. The average Bonchev–Trinajstić information content (AvgIpc) is 2.21. The molecule has 0 heterocycles. The van der Waals surface area contributed by atoms with Crippen molar-refractivity contribution in [3.05, 3.63) is 42.5 Å². The van der Waals surface area contributed by atoms with Crippen molar-refractivity contribution in [1.82, 2.24) is 0 Å². The molecule has 1 nitrogen and oxygen atoms in total. The van der Waals surface area contributed by atoms with Crippen LogP contribution in [0.15, 0.2) is 36.9 Å². The number of nitriles is 1. The molecule has 0 spiro atoms. The summed E-state index contributed by atoms with van der Waals surface area (Å²) in [6.07, 6.45) is 0. The molecule has 0 unspecified atom stereocenters. The van der Waals surface area contributed by atoms with E-state index in [4.69, 9.17) is 5.26 Å². The van der Waals surface area contributed by atoms with E-state index in [-0.39, 0.29) is 0 Å². The van der Waals surface area contributed by atoms with Crippen LogP contribution in [0.3, 0.4) is 0 Å². The Morgan fingerprint density at radius 3 is 2.17 bits per heavy atom. The maximum Gasteiger partial charge on any atom is 0.0991 e.